The molecule has 2 rings (SSSR count). The molecule has 2 fully saturated rings. The molecule has 2 aliphatic rings. The minimum absolute atomic E-state index is 0.0785. The van der Waals surface area contributed by atoms with Gasteiger partial charge in [-0.25, -0.2) is 9.09 Å². The van der Waals surface area contributed by atoms with Gasteiger partial charge in [0.05, 0.1) is 33.4 Å². The summed E-state index contributed by atoms with van der Waals surface area (Å²) >= 11 is 0. The van der Waals surface area contributed by atoms with Crippen LogP contribution in [0.25, 0.3) is 0 Å². The largest absolute Gasteiger partial charge is 0.480 e. The number of phosphoric acid groups is 1. The number of phosphoric ester groups is 1. The molecule has 0 spiro atoms. The van der Waals surface area contributed by atoms with Crippen molar-refractivity contribution in [1.29, 1.82) is 0 Å². The Morgan fingerprint density at radius 3 is 2.03 bits per heavy atom. The number of likely N-dealkylation sites (N-methyl/N-ethyl adjacent to an activating group) is 1. The number of carbonyl (C=O) groups excluding carboxylic acids is 1. The van der Waals surface area contributed by atoms with Crippen LogP contribution in [-0.2, 0) is 32.4 Å². The number of likely N-dealkylation sites (tertiary alicyclic amines) is 1. The van der Waals surface area contributed by atoms with Gasteiger partial charge in [0.2, 0.25) is 6.23 Å². The van der Waals surface area contributed by atoms with E-state index in [4.69, 9.17) is 23.0 Å². The van der Waals surface area contributed by atoms with E-state index in [0.717, 1.165) is 38.8 Å². The van der Waals surface area contributed by atoms with Gasteiger partial charge < -0.3 is 9.47 Å². The lowest BCUT2D eigenvalue weighted by Crippen LogP contribution is -2.59. The Balaban J connectivity index is 1.53. The number of esters is 1. The smallest absolute Gasteiger partial charge is 0.458 e. The summed E-state index contributed by atoms with van der Waals surface area (Å²) in [7, 11) is -1.60. The van der Waals surface area contributed by atoms with Crippen LogP contribution in [0.15, 0.2) is 0 Å². The van der Waals surface area contributed by atoms with Crippen molar-refractivity contribution in [3.05, 3.63) is 0 Å². The molecule has 2 heterocycles. The van der Waals surface area contributed by atoms with Crippen LogP contribution in [0, 0.1) is 0 Å². The van der Waals surface area contributed by atoms with Crippen molar-refractivity contribution in [2.75, 3.05) is 40.0 Å². The molecule has 0 saturated carbocycles. The Morgan fingerprint density at radius 1 is 0.895 bits per heavy atom. The lowest BCUT2D eigenvalue weighted by Gasteiger charge is -2.42. The van der Waals surface area contributed by atoms with Crippen LogP contribution in [0.2, 0.25) is 0 Å². The fraction of sp³-hybridized carbons (Fsp3) is 0.966. The van der Waals surface area contributed by atoms with E-state index in [1.807, 2.05) is 0 Å². The van der Waals surface area contributed by atoms with Crippen LogP contribution in [-0.4, -0.2) is 68.8 Å². The molecule has 5 atom stereocenters. The SMILES string of the molecule is CCCCCCCCCCCCCCCCOCC(COP1(=O)OC2CCC[N+](C)(CC)C2O1)OC(C)=O. The number of rotatable bonds is 22. The van der Waals surface area contributed by atoms with Gasteiger partial charge in [-0.1, -0.05) is 90.4 Å². The zero-order valence-corrected chi connectivity index (χ0v) is 25.7. The van der Waals surface area contributed by atoms with E-state index >= 15 is 0 Å². The van der Waals surface area contributed by atoms with E-state index < -0.39 is 19.9 Å². The number of carbonyl (C=O) groups is 1. The van der Waals surface area contributed by atoms with Crippen molar-refractivity contribution < 1.29 is 36.9 Å². The maximum absolute atomic E-state index is 13.1. The van der Waals surface area contributed by atoms with Crippen molar-refractivity contribution in [3.8, 4) is 0 Å². The van der Waals surface area contributed by atoms with Crippen molar-refractivity contribution in [2.45, 2.75) is 142 Å². The van der Waals surface area contributed by atoms with Crippen LogP contribution in [0.5, 0.6) is 0 Å². The number of fused-ring (bicyclic) bond motifs is 1. The minimum atomic E-state index is -3.70. The molecule has 5 unspecified atom stereocenters. The molecule has 9 heteroatoms. The molecule has 0 N–H and O–H groups in total. The molecule has 0 aromatic rings. The summed E-state index contributed by atoms with van der Waals surface area (Å²) < 4.78 is 42.1. The molecule has 0 radical (unpaired) electrons. The first-order valence-electron chi connectivity index (χ1n) is 15.5. The summed E-state index contributed by atoms with van der Waals surface area (Å²) in [5, 5.41) is 0. The van der Waals surface area contributed by atoms with Gasteiger partial charge in [0.1, 0.15) is 12.2 Å². The maximum atomic E-state index is 13.1. The van der Waals surface area contributed by atoms with Crippen LogP contribution in [0.3, 0.4) is 0 Å². The number of nitrogens with zero attached hydrogens (tertiary/aromatic N) is 1. The summed E-state index contributed by atoms with van der Waals surface area (Å²) in [4.78, 5) is 11.6. The molecule has 0 aromatic carbocycles. The quantitative estimate of drug-likeness (QED) is 0.0583. The van der Waals surface area contributed by atoms with Crippen LogP contribution < -0.4 is 0 Å². The van der Waals surface area contributed by atoms with Gasteiger partial charge >= 0.3 is 13.8 Å². The number of quaternary nitrogens is 1. The molecule has 0 bridgehead atoms. The van der Waals surface area contributed by atoms with E-state index in [1.54, 1.807) is 0 Å². The third-order valence-corrected chi connectivity index (χ3v) is 9.48. The van der Waals surface area contributed by atoms with Crippen LogP contribution in [0.4, 0.5) is 0 Å². The summed E-state index contributed by atoms with van der Waals surface area (Å²) in [5.74, 6) is -0.422. The summed E-state index contributed by atoms with van der Waals surface area (Å²) in [6.07, 6.45) is 19.0. The topological polar surface area (TPSA) is 80.3 Å². The van der Waals surface area contributed by atoms with Crippen LogP contribution >= 0.6 is 7.82 Å². The molecular formula is C29H57NO7P+. The molecular weight excluding hydrogens is 505 g/mol. The van der Waals surface area contributed by atoms with Crippen molar-refractivity contribution in [3.63, 3.8) is 0 Å². The van der Waals surface area contributed by atoms with E-state index in [-0.39, 0.29) is 25.5 Å². The average molecular weight is 563 g/mol. The third-order valence-electron chi connectivity index (χ3n) is 8.01. The first-order valence-corrected chi connectivity index (χ1v) is 17.0. The average Bonchev–Trinajstić information content (AvgIpc) is 3.25. The Bertz CT molecular complexity index is 694. The van der Waals surface area contributed by atoms with Gasteiger partial charge in [-0.3, -0.25) is 18.3 Å². The summed E-state index contributed by atoms with van der Waals surface area (Å²) in [6.45, 7) is 8.28. The Hall–Kier alpha value is -0.500. The van der Waals surface area contributed by atoms with E-state index in [2.05, 4.69) is 20.9 Å². The molecule has 38 heavy (non-hydrogen) atoms. The fourth-order valence-electron chi connectivity index (χ4n) is 5.47. The van der Waals surface area contributed by atoms with Crippen molar-refractivity contribution in [1.82, 2.24) is 0 Å². The predicted octanol–water partition coefficient (Wildman–Crippen LogP) is 7.54. The zero-order valence-electron chi connectivity index (χ0n) is 24.8. The van der Waals surface area contributed by atoms with Gasteiger partial charge in [-0.2, -0.15) is 0 Å². The number of piperidine rings is 1. The van der Waals surface area contributed by atoms with Gasteiger partial charge in [-0.05, 0) is 26.2 Å². The highest BCUT2D eigenvalue weighted by Crippen LogP contribution is 2.60. The fourth-order valence-corrected chi connectivity index (χ4v) is 7.16. The summed E-state index contributed by atoms with van der Waals surface area (Å²) in [5.41, 5.74) is 0. The van der Waals surface area contributed by atoms with Gasteiger partial charge in [0.25, 0.3) is 0 Å². The Morgan fingerprint density at radius 2 is 1.47 bits per heavy atom. The number of ether oxygens (including phenoxy) is 2. The highest BCUT2D eigenvalue weighted by Gasteiger charge is 2.56. The second-order valence-electron chi connectivity index (χ2n) is 11.4. The standard InChI is InChI=1S/C29H57NO7P/c1-5-7-8-9-10-11-12-13-14-15-16-17-18-19-23-33-24-27(35-26(3)31)25-34-38(32)36-28-21-20-22-30(4,6-2)29(28)37-38/h27-29H,5-25H2,1-4H3/q+1. The predicted molar refractivity (Wildman–Crippen MR) is 151 cm³/mol. The van der Waals surface area contributed by atoms with E-state index in [0.29, 0.717) is 11.1 Å². The van der Waals surface area contributed by atoms with Gasteiger partial charge in [0, 0.05) is 13.5 Å². The normalized spacial score (nSPS) is 27.8. The lowest BCUT2D eigenvalue weighted by atomic mass is 10.0. The highest BCUT2D eigenvalue weighted by molar-refractivity contribution is 7.48. The minimum Gasteiger partial charge on any atom is -0.458 e. The molecule has 0 aromatic heterocycles. The van der Waals surface area contributed by atoms with Crippen molar-refractivity contribution >= 4 is 13.8 Å². The molecule has 0 amide bonds. The number of hydrogen-bond acceptors (Lipinski definition) is 7. The van der Waals surface area contributed by atoms with Crippen molar-refractivity contribution in [2.24, 2.45) is 0 Å². The Labute approximate surface area is 232 Å². The molecule has 0 aliphatic carbocycles. The third kappa shape index (κ3) is 12.8. The van der Waals surface area contributed by atoms with Gasteiger partial charge in [-0.15, -0.1) is 0 Å². The zero-order chi connectivity index (χ0) is 27.7. The molecule has 8 nitrogen and oxygen atoms in total. The first-order chi connectivity index (χ1) is 18.3. The van der Waals surface area contributed by atoms with Crippen LogP contribution in [0.1, 0.15) is 124 Å². The van der Waals surface area contributed by atoms with E-state index in [1.165, 1.54) is 84.0 Å². The second kappa shape index (κ2) is 18.8. The lowest BCUT2D eigenvalue weighted by molar-refractivity contribution is -0.955. The molecule has 224 valence electrons. The monoisotopic (exact) mass is 562 g/mol. The summed E-state index contributed by atoms with van der Waals surface area (Å²) in [6, 6.07) is 0. The number of unbranched alkanes of at least 4 members (excludes halogenated alkanes) is 13. The first kappa shape index (κ1) is 33.7. The molecule has 2 saturated heterocycles. The van der Waals surface area contributed by atoms with Gasteiger partial charge in [0.15, 0.2) is 0 Å². The second-order valence-corrected chi connectivity index (χ2v) is 13.0. The highest BCUT2D eigenvalue weighted by atomic mass is 31.2. The number of hydrogen-bond donors (Lipinski definition) is 0. The van der Waals surface area contributed by atoms with E-state index in [9.17, 15) is 9.36 Å². The molecule has 2 aliphatic heterocycles. The Kier molecular flexibility index (Phi) is 16.7. The maximum Gasteiger partial charge on any atom is 0.480 e.